The minimum Gasteiger partial charge on any atom is -0.236 e. The molecule has 2 fully saturated rings. The average molecular weight is 111 g/mol. The third kappa shape index (κ3) is 0.655. The van der Waals surface area contributed by atoms with Gasteiger partial charge in [-0.05, 0) is 37.0 Å². The minimum atomic E-state index is 0.196. The zero-order valence-electron chi connectivity index (χ0n) is 4.97. The lowest BCUT2D eigenvalue weighted by Gasteiger charge is -1.86. The zero-order chi connectivity index (χ0) is 5.56. The van der Waals surface area contributed by atoms with Crippen LogP contribution in [0, 0.1) is 17.8 Å². The van der Waals surface area contributed by atoms with Crippen LogP contribution < -0.4 is 0 Å². The fraction of sp³-hybridized carbons (Fsp3) is 1.00. The van der Waals surface area contributed by atoms with Gasteiger partial charge in [0.2, 0.25) is 0 Å². The maximum absolute atomic E-state index is 10.2. The molecule has 2 atom stereocenters. The van der Waals surface area contributed by atoms with Gasteiger partial charge in [-0.15, -0.1) is 0 Å². The highest BCUT2D eigenvalue weighted by molar-refractivity contribution is 4.96. The van der Waals surface area contributed by atoms with Crippen molar-refractivity contribution >= 4 is 0 Å². The molecule has 0 spiro atoms. The monoisotopic (exact) mass is 111 g/mol. The van der Waals surface area contributed by atoms with E-state index in [-0.39, 0.29) is 6.61 Å². The molecule has 0 amide bonds. The van der Waals surface area contributed by atoms with E-state index in [2.05, 4.69) is 0 Å². The summed E-state index contributed by atoms with van der Waals surface area (Å²) >= 11 is 0. The van der Waals surface area contributed by atoms with Gasteiger partial charge in [0.05, 0.1) is 6.61 Å². The predicted octanol–water partition coefficient (Wildman–Crippen LogP) is 1.46. The molecule has 2 rings (SSSR count). The Kier molecular flexibility index (Phi) is 0.884. The topological polar surface area (TPSA) is 19.9 Å². The molecule has 2 aliphatic rings. The molecule has 1 nitrogen and oxygen atoms in total. The highest BCUT2D eigenvalue weighted by Crippen LogP contribution is 2.53. The van der Waals surface area contributed by atoms with E-state index in [0.29, 0.717) is 5.92 Å². The van der Waals surface area contributed by atoms with Gasteiger partial charge >= 0.3 is 0 Å². The van der Waals surface area contributed by atoms with E-state index in [0.717, 1.165) is 11.8 Å². The van der Waals surface area contributed by atoms with Crippen LogP contribution in [0.25, 0.3) is 0 Å². The Bertz CT molecular complexity index is 96.6. The van der Waals surface area contributed by atoms with Crippen LogP contribution >= 0.6 is 0 Å². The van der Waals surface area contributed by atoms with Crippen molar-refractivity contribution in [3.05, 3.63) is 0 Å². The van der Waals surface area contributed by atoms with Gasteiger partial charge in [-0.1, -0.05) is 0 Å². The second-order valence-corrected chi connectivity index (χ2v) is 3.16. The lowest BCUT2D eigenvalue weighted by molar-refractivity contribution is 0.172. The Balaban J connectivity index is 1.79. The molecule has 0 aromatic carbocycles. The van der Waals surface area contributed by atoms with Crippen molar-refractivity contribution in [2.24, 2.45) is 17.8 Å². The molecule has 45 valence electrons. The summed E-state index contributed by atoms with van der Waals surface area (Å²) in [6, 6.07) is 0. The van der Waals surface area contributed by atoms with Crippen molar-refractivity contribution in [1.29, 1.82) is 0 Å². The van der Waals surface area contributed by atoms with E-state index in [4.69, 9.17) is 0 Å². The molecule has 2 aliphatic carbocycles. The molecule has 2 saturated carbocycles. The van der Waals surface area contributed by atoms with E-state index in [1.807, 2.05) is 0 Å². The van der Waals surface area contributed by atoms with Gasteiger partial charge in [-0.25, -0.2) is 5.11 Å². The van der Waals surface area contributed by atoms with Gasteiger partial charge < -0.3 is 0 Å². The van der Waals surface area contributed by atoms with Gasteiger partial charge in [-0.3, -0.25) is 0 Å². The molecular weight excluding hydrogens is 100 g/mol. The molecule has 0 aromatic heterocycles. The maximum Gasteiger partial charge on any atom is 0.0853 e. The van der Waals surface area contributed by atoms with Gasteiger partial charge in [0.25, 0.3) is 0 Å². The molecule has 0 aliphatic heterocycles. The molecule has 0 bridgehead atoms. The SMILES string of the molecule is [O]CC1CC1C1CC1. The Morgan fingerprint density at radius 3 is 2.50 bits per heavy atom. The summed E-state index contributed by atoms with van der Waals surface area (Å²) in [5.41, 5.74) is 0. The van der Waals surface area contributed by atoms with E-state index in [9.17, 15) is 5.11 Å². The van der Waals surface area contributed by atoms with Crippen LogP contribution in [0.3, 0.4) is 0 Å². The molecule has 8 heavy (non-hydrogen) atoms. The highest BCUT2D eigenvalue weighted by Gasteiger charge is 2.46. The van der Waals surface area contributed by atoms with E-state index in [1.54, 1.807) is 0 Å². The second kappa shape index (κ2) is 1.47. The first-order chi connectivity index (χ1) is 3.92. The molecule has 1 heteroatoms. The molecule has 0 aromatic rings. The van der Waals surface area contributed by atoms with Crippen molar-refractivity contribution in [2.75, 3.05) is 6.61 Å². The molecule has 2 unspecified atom stereocenters. The third-order valence-electron chi connectivity index (χ3n) is 2.42. The van der Waals surface area contributed by atoms with Crippen LogP contribution in [0.2, 0.25) is 0 Å². The first kappa shape index (κ1) is 4.80. The van der Waals surface area contributed by atoms with E-state index < -0.39 is 0 Å². The van der Waals surface area contributed by atoms with Crippen LogP contribution in [-0.4, -0.2) is 6.61 Å². The third-order valence-corrected chi connectivity index (χ3v) is 2.42. The molecule has 1 radical (unpaired) electrons. The summed E-state index contributed by atoms with van der Waals surface area (Å²) in [5.74, 6) is 2.48. The lowest BCUT2D eigenvalue weighted by Crippen LogP contribution is -1.87. The standard InChI is InChI=1S/C7H11O/c8-4-6-3-7(6)5-1-2-5/h5-7H,1-4H2. The molecule has 0 N–H and O–H groups in total. The molecule has 0 saturated heterocycles. The van der Waals surface area contributed by atoms with Gasteiger partial charge in [-0.2, -0.15) is 0 Å². The summed E-state index contributed by atoms with van der Waals surface area (Å²) < 4.78 is 0. The fourth-order valence-electron chi connectivity index (χ4n) is 1.56. The molecule has 0 heterocycles. The van der Waals surface area contributed by atoms with E-state index >= 15 is 0 Å². The minimum absolute atomic E-state index is 0.196. The van der Waals surface area contributed by atoms with Crippen LogP contribution in [0.5, 0.6) is 0 Å². The van der Waals surface area contributed by atoms with Gasteiger partial charge in [0.15, 0.2) is 0 Å². The largest absolute Gasteiger partial charge is 0.236 e. The van der Waals surface area contributed by atoms with Crippen LogP contribution in [-0.2, 0) is 5.11 Å². The van der Waals surface area contributed by atoms with Crippen molar-refractivity contribution < 1.29 is 5.11 Å². The van der Waals surface area contributed by atoms with Gasteiger partial charge in [0, 0.05) is 0 Å². The maximum atomic E-state index is 10.2. The van der Waals surface area contributed by atoms with Gasteiger partial charge in [0.1, 0.15) is 0 Å². The predicted molar refractivity (Wildman–Crippen MR) is 29.9 cm³/mol. The van der Waals surface area contributed by atoms with E-state index in [1.165, 1.54) is 19.3 Å². The Hall–Kier alpha value is -0.0400. The van der Waals surface area contributed by atoms with Crippen molar-refractivity contribution in [3.8, 4) is 0 Å². The van der Waals surface area contributed by atoms with Crippen LogP contribution in [0.15, 0.2) is 0 Å². The average Bonchev–Trinajstić information content (AvgIpc) is 2.62. The summed E-state index contributed by atoms with van der Waals surface area (Å²) in [6.45, 7) is 0.196. The summed E-state index contributed by atoms with van der Waals surface area (Å²) in [4.78, 5) is 0. The summed E-state index contributed by atoms with van der Waals surface area (Å²) in [6.07, 6.45) is 4.09. The first-order valence-corrected chi connectivity index (χ1v) is 3.50. The van der Waals surface area contributed by atoms with Crippen molar-refractivity contribution in [1.82, 2.24) is 0 Å². The number of hydrogen-bond acceptors (Lipinski definition) is 0. The number of rotatable bonds is 2. The zero-order valence-corrected chi connectivity index (χ0v) is 4.97. The lowest BCUT2D eigenvalue weighted by atomic mass is 10.2. The Labute approximate surface area is 49.7 Å². The summed E-state index contributed by atoms with van der Waals surface area (Å²) in [7, 11) is 0. The normalized spacial score (nSPS) is 44.6. The van der Waals surface area contributed by atoms with Crippen LogP contribution in [0.1, 0.15) is 19.3 Å². The Morgan fingerprint density at radius 1 is 1.38 bits per heavy atom. The highest BCUT2D eigenvalue weighted by atomic mass is 16.3. The molecular formula is C7H11O. The first-order valence-electron chi connectivity index (χ1n) is 3.50. The van der Waals surface area contributed by atoms with Crippen molar-refractivity contribution in [3.63, 3.8) is 0 Å². The van der Waals surface area contributed by atoms with Crippen LogP contribution in [0.4, 0.5) is 0 Å². The fourth-order valence-corrected chi connectivity index (χ4v) is 1.56. The second-order valence-electron chi connectivity index (χ2n) is 3.16. The summed E-state index contributed by atoms with van der Waals surface area (Å²) in [5, 5.41) is 10.2. The Morgan fingerprint density at radius 2 is 2.12 bits per heavy atom. The quantitative estimate of drug-likeness (QED) is 0.514. The smallest absolute Gasteiger partial charge is 0.0853 e. The van der Waals surface area contributed by atoms with Crippen molar-refractivity contribution in [2.45, 2.75) is 19.3 Å². The number of hydrogen-bond donors (Lipinski definition) is 0.